The van der Waals surface area contributed by atoms with Crippen LogP contribution in [0.5, 0.6) is 0 Å². The molecular formula is C11H20N4O2S. The van der Waals surface area contributed by atoms with Gasteiger partial charge in [-0.25, -0.2) is 8.42 Å². The van der Waals surface area contributed by atoms with Crippen LogP contribution in [0.25, 0.3) is 0 Å². The summed E-state index contributed by atoms with van der Waals surface area (Å²) >= 11 is 0. The first kappa shape index (κ1) is 14.9. The number of hydrogen-bond acceptors (Lipinski definition) is 4. The lowest BCUT2D eigenvalue weighted by molar-refractivity contribution is 0.459. The Balaban J connectivity index is 2.84. The summed E-state index contributed by atoms with van der Waals surface area (Å²) in [7, 11) is -0.155. The van der Waals surface area contributed by atoms with Crippen LogP contribution in [-0.4, -0.2) is 43.6 Å². The molecule has 7 heteroatoms. The number of sulfonamides is 1. The van der Waals surface area contributed by atoms with Crippen LogP contribution in [0.4, 0.5) is 0 Å². The van der Waals surface area contributed by atoms with E-state index < -0.39 is 10.0 Å². The van der Waals surface area contributed by atoms with Crippen LogP contribution in [0.15, 0.2) is 23.9 Å². The fraction of sp³-hybridized carbons (Fsp3) is 0.545. The molecule has 18 heavy (non-hydrogen) atoms. The van der Waals surface area contributed by atoms with Gasteiger partial charge in [0, 0.05) is 25.7 Å². The predicted octanol–water partition coefficient (Wildman–Crippen LogP) is 0.716. The van der Waals surface area contributed by atoms with Crippen molar-refractivity contribution in [1.82, 2.24) is 19.8 Å². The van der Waals surface area contributed by atoms with Crippen molar-refractivity contribution in [3.8, 4) is 0 Å². The molecule has 0 aliphatic carbocycles. The first-order chi connectivity index (χ1) is 8.54. The van der Waals surface area contributed by atoms with E-state index in [0.29, 0.717) is 18.7 Å². The standard InChI is InChI=1S/C11H20N4O2S/c1-4-5-6-7-15(3)18(16,17)11-10(8-12-2)9-13-14-11/h4,9,12H,1,5-8H2,2-3H3,(H,13,14). The van der Waals surface area contributed by atoms with Crippen LogP contribution in [-0.2, 0) is 16.6 Å². The van der Waals surface area contributed by atoms with Crippen LogP contribution < -0.4 is 5.32 Å². The highest BCUT2D eigenvalue weighted by molar-refractivity contribution is 7.89. The summed E-state index contributed by atoms with van der Waals surface area (Å²) in [6.07, 6.45) is 4.87. The number of rotatable bonds is 8. The van der Waals surface area contributed by atoms with Gasteiger partial charge in [0.25, 0.3) is 10.0 Å². The average Bonchev–Trinajstić information content (AvgIpc) is 2.78. The van der Waals surface area contributed by atoms with Crippen molar-refractivity contribution in [3.63, 3.8) is 0 Å². The van der Waals surface area contributed by atoms with Crippen LogP contribution in [0.1, 0.15) is 18.4 Å². The van der Waals surface area contributed by atoms with Gasteiger partial charge in [-0.2, -0.15) is 9.40 Å². The van der Waals surface area contributed by atoms with Crippen molar-refractivity contribution >= 4 is 10.0 Å². The molecule has 0 saturated heterocycles. The molecule has 102 valence electrons. The van der Waals surface area contributed by atoms with E-state index in [1.807, 2.05) is 0 Å². The van der Waals surface area contributed by atoms with Gasteiger partial charge in [0.15, 0.2) is 5.03 Å². The number of nitrogens with zero attached hydrogens (tertiary/aromatic N) is 2. The zero-order valence-corrected chi connectivity index (χ0v) is 11.6. The van der Waals surface area contributed by atoms with Gasteiger partial charge in [-0.05, 0) is 19.9 Å². The monoisotopic (exact) mass is 272 g/mol. The van der Waals surface area contributed by atoms with Crippen LogP contribution in [0.3, 0.4) is 0 Å². The minimum absolute atomic E-state index is 0.165. The lowest BCUT2D eigenvalue weighted by Gasteiger charge is -2.16. The number of allylic oxidation sites excluding steroid dienone is 1. The van der Waals surface area contributed by atoms with Gasteiger partial charge in [-0.15, -0.1) is 6.58 Å². The molecule has 0 radical (unpaired) electrons. The minimum Gasteiger partial charge on any atom is -0.316 e. The first-order valence-electron chi connectivity index (χ1n) is 5.78. The molecule has 0 fully saturated rings. The van der Waals surface area contributed by atoms with E-state index in [1.54, 1.807) is 20.2 Å². The SMILES string of the molecule is C=CCCCN(C)S(=O)(=O)c1[nH]ncc1CNC. The van der Waals surface area contributed by atoms with Gasteiger partial charge in [0.05, 0.1) is 6.20 Å². The normalized spacial score (nSPS) is 11.9. The van der Waals surface area contributed by atoms with Crippen molar-refractivity contribution in [2.75, 3.05) is 20.6 Å². The van der Waals surface area contributed by atoms with Crippen LogP contribution >= 0.6 is 0 Å². The Morgan fingerprint density at radius 3 is 2.94 bits per heavy atom. The number of nitrogens with one attached hydrogen (secondary N) is 2. The van der Waals surface area contributed by atoms with E-state index in [-0.39, 0.29) is 5.03 Å². The van der Waals surface area contributed by atoms with Gasteiger partial charge < -0.3 is 5.32 Å². The molecule has 0 bridgehead atoms. The summed E-state index contributed by atoms with van der Waals surface area (Å²) in [6.45, 7) is 4.54. The summed E-state index contributed by atoms with van der Waals surface area (Å²) in [5.74, 6) is 0. The molecule has 1 aromatic heterocycles. The fourth-order valence-electron chi connectivity index (χ4n) is 1.57. The van der Waals surface area contributed by atoms with Crippen molar-refractivity contribution < 1.29 is 8.42 Å². The maximum Gasteiger partial charge on any atom is 0.260 e. The molecular weight excluding hydrogens is 252 g/mol. The molecule has 0 aromatic carbocycles. The summed E-state index contributed by atoms with van der Waals surface area (Å²) in [4.78, 5) is 0. The highest BCUT2D eigenvalue weighted by Gasteiger charge is 2.25. The van der Waals surface area contributed by atoms with Gasteiger partial charge in [-0.1, -0.05) is 6.08 Å². The van der Waals surface area contributed by atoms with E-state index >= 15 is 0 Å². The van der Waals surface area contributed by atoms with Crippen molar-refractivity contribution in [3.05, 3.63) is 24.4 Å². The summed E-state index contributed by atoms with van der Waals surface area (Å²) in [5.41, 5.74) is 0.646. The first-order valence-corrected chi connectivity index (χ1v) is 7.22. The molecule has 0 amide bonds. The predicted molar refractivity (Wildman–Crippen MR) is 70.6 cm³/mol. The van der Waals surface area contributed by atoms with E-state index in [9.17, 15) is 8.42 Å². The van der Waals surface area contributed by atoms with Crippen molar-refractivity contribution in [2.24, 2.45) is 0 Å². The van der Waals surface area contributed by atoms with Crippen molar-refractivity contribution in [2.45, 2.75) is 24.4 Å². The Kier molecular flexibility index (Phi) is 5.52. The molecule has 0 aliphatic heterocycles. The van der Waals surface area contributed by atoms with E-state index in [1.165, 1.54) is 10.5 Å². The Hall–Kier alpha value is -1.18. The molecule has 1 heterocycles. The zero-order chi connectivity index (χ0) is 13.6. The highest BCUT2D eigenvalue weighted by Crippen LogP contribution is 2.16. The summed E-state index contributed by atoms with van der Waals surface area (Å²) in [6, 6.07) is 0. The lowest BCUT2D eigenvalue weighted by Crippen LogP contribution is -2.29. The van der Waals surface area contributed by atoms with E-state index in [2.05, 4.69) is 22.1 Å². The molecule has 6 nitrogen and oxygen atoms in total. The number of unbranched alkanes of at least 4 members (excludes halogenated alkanes) is 1. The third-order valence-electron chi connectivity index (χ3n) is 2.59. The largest absolute Gasteiger partial charge is 0.316 e. The molecule has 0 unspecified atom stereocenters. The van der Waals surface area contributed by atoms with Gasteiger partial charge in [0.1, 0.15) is 0 Å². The second-order valence-electron chi connectivity index (χ2n) is 4.01. The summed E-state index contributed by atoms with van der Waals surface area (Å²) in [5, 5.41) is 9.44. The Morgan fingerprint density at radius 1 is 1.61 bits per heavy atom. The molecule has 1 rings (SSSR count). The molecule has 2 N–H and O–H groups in total. The zero-order valence-electron chi connectivity index (χ0n) is 10.8. The maximum absolute atomic E-state index is 12.3. The smallest absolute Gasteiger partial charge is 0.260 e. The van der Waals surface area contributed by atoms with Gasteiger partial charge in [-0.3, -0.25) is 5.10 Å². The molecule has 0 aliphatic rings. The van der Waals surface area contributed by atoms with E-state index in [0.717, 1.165) is 12.8 Å². The van der Waals surface area contributed by atoms with Gasteiger partial charge >= 0.3 is 0 Å². The molecule has 0 atom stereocenters. The maximum atomic E-state index is 12.3. The number of aromatic nitrogens is 2. The number of hydrogen-bond donors (Lipinski definition) is 2. The third kappa shape index (κ3) is 3.41. The number of aromatic amines is 1. The topological polar surface area (TPSA) is 78.1 Å². The molecule has 1 aromatic rings. The fourth-order valence-corrected chi connectivity index (χ4v) is 2.88. The minimum atomic E-state index is -3.49. The Bertz CT molecular complexity index is 481. The second-order valence-corrected chi connectivity index (χ2v) is 5.99. The van der Waals surface area contributed by atoms with Crippen LogP contribution in [0.2, 0.25) is 0 Å². The quantitative estimate of drug-likeness (QED) is 0.540. The summed E-state index contributed by atoms with van der Waals surface area (Å²) < 4.78 is 25.9. The van der Waals surface area contributed by atoms with Crippen molar-refractivity contribution in [1.29, 1.82) is 0 Å². The molecule has 0 saturated carbocycles. The van der Waals surface area contributed by atoms with E-state index in [4.69, 9.17) is 0 Å². The second kappa shape index (κ2) is 6.67. The van der Waals surface area contributed by atoms with Gasteiger partial charge in [0.2, 0.25) is 0 Å². The number of H-pyrrole nitrogens is 1. The molecule has 0 spiro atoms. The Labute approximate surface area is 108 Å². The Morgan fingerprint density at radius 2 is 2.33 bits per heavy atom. The van der Waals surface area contributed by atoms with Crippen LogP contribution in [0, 0.1) is 0 Å². The third-order valence-corrected chi connectivity index (χ3v) is 4.47. The lowest BCUT2D eigenvalue weighted by atomic mass is 10.3. The average molecular weight is 272 g/mol. The highest BCUT2D eigenvalue weighted by atomic mass is 32.2.